The number of carbonyl (C=O) groups excluding carboxylic acids is 1. The monoisotopic (exact) mass is 344 g/mol. The Labute approximate surface area is 125 Å². The Bertz CT molecular complexity index is 482. The van der Waals surface area contributed by atoms with Crippen LogP contribution in [-0.2, 0) is 9.53 Å². The number of aliphatic carboxylic acids is 1. The first-order valence-corrected chi connectivity index (χ1v) is 6.79. The molecule has 0 spiro atoms. The molecule has 0 aromatic carbocycles. The van der Waals surface area contributed by atoms with Crippen molar-refractivity contribution in [2.75, 3.05) is 0 Å². The van der Waals surface area contributed by atoms with E-state index in [4.69, 9.17) is 9.84 Å². The fourth-order valence-electron chi connectivity index (χ4n) is 1.47. The van der Waals surface area contributed by atoms with Gasteiger partial charge < -0.3 is 15.2 Å². The van der Waals surface area contributed by atoms with Crippen LogP contribution in [0.5, 0.6) is 0 Å². The molecule has 1 rings (SSSR count). The summed E-state index contributed by atoms with van der Waals surface area (Å²) < 4.78 is 5.75. The van der Waals surface area contributed by atoms with Crippen LogP contribution in [0.1, 0.15) is 38.8 Å². The van der Waals surface area contributed by atoms with Crippen molar-refractivity contribution in [2.24, 2.45) is 0 Å². The van der Waals surface area contributed by atoms with Crippen LogP contribution in [0.3, 0.4) is 0 Å². The van der Waals surface area contributed by atoms with Crippen LogP contribution in [0.15, 0.2) is 22.9 Å². The molecule has 110 valence electrons. The Balaban J connectivity index is 2.82. The van der Waals surface area contributed by atoms with Crippen molar-refractivity contribution in [3.8, 4) is 0 Å². The van der Waals surface area contributed by atoms with Crippen LogP contribution in [0, 0.1) is 0 Å². The summed E-state index contributed by atoms with van der Waals surface area (Å²) in [5.74, 6) is -1.02. The number of amides is 1. The van der Waals surface area contributed by atoms with Gasteiger partial charge in [-0.05, 0) is 48.3 Å². The maximum absolute atomic E-state index is 11.7. The van der Waals surface area contributed by atoms with Gasteiger partial charge in [-0.2, -0.15) is 0 Å². The molecule has 0 unspecified atom stereocenters. The Kier molecular flexibility index (Phi) is 5.50. The third-order valence-electron chi connectivity index (χ3n) is 2.22. The third-order valence-corrected chi connectivity index (χ3v) is 2.69. The van der Waals surface area contributed by atoms with Gasteiger partial charge in [0.05, 0.1) is 12.5 Å². The summed E-state index contributed by atoms with van der Waals surface area (Å²) in [5, 5.41) is 11.5. The van der Waals surface area contributed by atoms with Crippen molar-refractivity contribution in [1.29, 1.82) is 0 Å². The van der Waals surface area contributed by atoms with E-state index in [0.29, 0.717) is 10.2 Å². The molecule has 0 bridgehead atoms. The molecular formula is C13H17BrN2O4. The van der Waals surface area contributed by atoms with Crippen molar-refractivity contribution < 1.29 is 19.4 Å². The largest absolute Gasteiger partial charge is 0.481 e. The molecular weight excluding hydrogens is 328 g/mol. The number of nitrogens with one attached hydrogen (secondary N) is 1. The molecule has 0 aliphatic rings. The maximum atomic E-state index is 11.7. The van der Waals surface area contributed by atoms with Crippen LogP contribution >= 0.6 is 15.9 Å². The highest BCUT2D eigenvalue weighted by molar-refractivity contribution is 9.10. The highest BCUT2D eigenvalue weighted by Gasteiger charge is 2.22. The lowest BCUT2D eigenvalue weighted by Crippen LogP contribution is -2.35. The molecule has 0 radical (unpaired) electrons. The fourth-order valence-corrected chi connectivity index (χ4v) is 1.70. The summed E-state index contributed by atoms with van der Waals surface area (Å²) in [6.07, 6.45) is 0.601. The number of ether oxygens (including phenoxy) is 1. The van der Waals surface area contributed by atoms with Crippen LogP contribution in [0.2, 0.25) is 0 Å². The van der Waals surface area contributed by atoms with Gasteiger partial charge in [-0.15, -0.1) is 0 Å². The van der Waals surface area contributed by atoms with Crippen molar-refractivity contribution in [2.45, 2.75) is 38.8 Å². The quantitative estimate of drug-likeness (QED) is 0.819. The number of aromatic nitrogens is 1. The predicted octanol–water partition coefficient (Wildman–Crippen LogP) is 2.88. The number of alkyl carbamates (subject to hydrolysis) is 1. The van der Waals surface area contributed by atoms with Gasteiger partial charge in [0, 0.05) is 6.20 Å². The SMILES string of the molecule is CC(C)(C)OC(=O)N[C@H](CC(=O)O)c1ccc(Br)nc1. The second-order valence-electron chi connectivity index (χ2n) is 5.21. The molecule has 0 aliphatic heterocycles. The molecule has 0 aliphatic carbocycles. The van der Waals surface area contributed by atoms with Gasteiger partial charge >= 0.3 is 12.1 Å². The molecule has 1 amide bonds. The zero-order chi connectivity index (χ0) is 15.3. The van der Waals surface area contributed by atoms with E-state index < -0.39 is 23.7 Å². The third kappa shape index (κ3) is 6.01. The summed E-state index contributed by atoms with van der Waals surface area (Å²) >= 11 is 3.20. The van der Waals surface area contributed by atoms with Gasteiger partial charge in [0.2, 0.25) is 0 Å². The number of nitrogens with zero attached hydrogens (tertiary/aromatic N) is 1. The lowest BCUT2D eigenvalue weighted by molar-refractivity contribution is -0.137. The normalized spacial score (nSPS) is 12.6. The minimum Gasteiger partial charge on any atom is -0.481 e. The highest BCUT2D eigenvalue weighted by Crippen LogP contribution is 2.19. The average molecular weight is 345 g/mol. The van der Waals surface area contributed by atoms with Gasteiger partial charge in [-0.25, -0.2) is 9.78 Å². The van der Waals surface area contributed by atoms with E-state index in [0.717, 1.165) is 0 Å². The highest BCUT2D eigenvalue weighted by atomic mass is 79.9. The number of carboxylic acid groups (broad SMARTS) is 1. The second-order valence-corrected chi connectivity index (χ2v) is 6.02. The molecule has 1 aromatic rings. The maximum Gasteiger partial charge on any atom is 0.408 e. The number of carboxylic acids is 1. The smallest absolute Gasteiger partial charge is 0.408 e. The van der Waals surface area contributed by atoms with E-state index in [-0.39, 0.29) is 6.42 Å². The zero-order valence-electron chi connectivity index (χ0n) is 11.5. The number of halogens is 1. The first-order valence-electron chi connectivity index (χ1n) is 6.00. The van der Waals surface area contributed by atoms with Crippen molar-refractivity contribution >= 4 is 28.0 Å². The van der Waals surface area contributed by atoms with E-state index in [1.54, 1.807) is 32.9 Å². The van der Waals surface area contributed by atoms with E-state index in [9.17, 15) is 9.59 Å². The van der Waals surface area contributed by atoms with Gasteiger partial charge in [0.1, 0.15) is 10.2 Å². The van der Waals surface area contributed by atoms with Crippen molar-refractivity contribution in [1.82, 2.24) is 10.3 Å². The molecule has 0 saturated carbocycles. The van der Waals surface area contributed by atoms with E-state index in [1.165, 1.54) is 6.20 Å². The van der Waals surface area contributed by atoms with E-state index in [1.807, 2.05) is 0 Å². The Morgan fingerprint density at radius 2 is 2.10 bits per heavy atom. The summed E-state index contributed by atoms with van der Waals surface area (Å²) in [5.41, 5.74) is -0.0445. The molecule has 1 aromatic heterocycles. The molecule has 0 saturated heterocycles. The molecule has 1 heterocycles. The van der Waals surface area contributed by atoms with E-state index in [2.05, 4.69) is 26.2 Å². The Morgan fingerprint density at radius 3 is 2.55 bits per heavy atom. The first-order chi connectivity index (χ1) is 9.17. The lowest BCUT2D eigenvalue weighted by Gasteiger charge is -2.23. The lowest BCUT2D eigenvalue weighted by atomic mass is 10.1. The Morgan fingerprint density at radius 1 is 1.45 bits per heavy atom. The van der Waals surface area contributed by atoms with E-state index >= 15 is 0 Å². The molecule has 6 nitrogen and oxygen atoms in total. The van der Waals surface area contributed by atoms with Crippen LogP contribution in [0.4, 0.5) is 4.79 Å². The molecule has 7 heteroatoms. The average Bonchev–Trinajstić information content (AvgIpc) is 2.25. The van der Waals surface area contributed by atoms with Gasteiger partial charge in [-0.1, -0.05) is 6.07 Å². The van der Waals surface area contributed by atoms with Gasteiger partial charge in [0.25, 0.3) is 0 Å². The first kappa shape index (κ1) is 16.4. The summed E-state index contributed by atoms with van der Waals surface area (Å²) in [6, 6.07) is 2.69. The minimum atomic E-state index is -1.02. The summed E-state index contributed by atoms with van der Waals surface area (Å²) in [7, 11) is 0. The molecule has 20 heavy (non-hydrogen) atoms. The number of hydrogen-bond donors (Lipinski definition) is 2. The fraction of sp³-hybridized carbons (Fsp3) is 0.462. The predicted molar refractivity (Wildman–Crippen MR) is 76.3 cm³/mol. The van der Waals surface area contributed by atoms with Crippen LogP contribution < -0.4 is 5.32 Å². The van der Waals surface area contributed by atoms with Crippen molar-refractivity contribution in [3.05, 3.63) is 28.5 Å². The van der Waals surface area contributed by atoms with Crippen LogP contribution in [0.25, 0.3) is 0 Å². The molecule has 1 atom stereocenters. The minimum absolute atomic E-state index is 0.247. The standard InChI is InChI=1S/C13H17BrN2O4/c1-13(2,3)20-12(19)16-9(6-11(17)18)8-4-5-10(14)15-7-8/h4-5,7,9H,6H2,1-3H3,(H,16,19)(H,17,18)/t9-/m1/s1. The van der Waals surface area contributed by atoms with Gasteiger partial charge in [-0.3, -0.25) is 4.79 Å². The second kappa shape index (κ2) is 6.69. The summed E-state index contributed by atoms with van der Waals surface area (Å²) in [6.45, 7) is 5.21. The Hall–Kier alpha value is -1.63. The molecule has 2 N–H and O–H groups in total. The van der Waals surface area contributed by atoms with Gasteiger partial charge in [0.15, 0.2) is 0 Å². The number of pyridine rings is 1. The topological polar surface area (TPSA) is 88.5 Å². The number of rotatable bonds is 4. The zero-order valence-corrected chi connectivity index (χ0v) is 13.1. The number of hydrogen-bond acceptors (Lipinski definition) is 4. The molecule has 0 fully saturated rings. The summed E-state index contributed by atoms with van der Waals surface area (Å²) in [4.78, 5) is 26.7. The van der Waals surface area contributed by atoms with Crippen molar-refractivity contribution in [3.63, 3.8) is 0 Å². The van der Waals surface area contributed by atoms with Crippen LogP contribution in [-0.4, -0.2) is 27.8 Å². The number of carbonyl (C=O) groups is 2.